The number of pyridine rings is 1. The standard InChI is InChI=1S/C28H45NO4/c1-5-8-11-13-14-15-19-29-25-22-23(31-4)17-18-24(25)26(32-20-10-7-3)27(28(29)30)33-21-16-12-9-6-2/h17-18,22H,5-16,19-21H2,1-4H3. The summed E-state index contributed by atoms with van der Waals surface area (Å²) in [5.74, 6) is 1.69. The predicted octanol–water partition coefficient (Wildman–Crippen LogP) is 7.51. The SMILES string of the molecule is CCCCCCCCn1c(=O)c(OCCCCCC)c(OCCCC)c2ccc(OC)cc21. The lowest BCUT2D eigenvalue weighted by Gasteiger charge is -2.19. The number of nitrogens with zero attached hydrogens (tertiary/aromatic N) is 1. The van der Waals surface area contributed by atoms with Gasteiger partial charge in [-0.15, -0.1) is 0 Å². The van der Waals surface area contributed by atoms with Gasteiger partial charge in [-0.1, -0.05) is 78.6 Å². The molecule has 0 radical (unpaired) electrons. The number of ether oxygens (including phenoxy) is 3. The minimum absolute atomic E-state index is 0.0914. The quantitative estimate of drug-likeness (QED) is 0.216. The molecule has 0 aliphatic heterocycles. The maximum atomic E-state index is 13.6. The van der Waals surface area contributed by atoms with Crippen molar-refractivity contribution in [3.8, 4) is 17.2 Å². The zero-order valence-corrected chi connectivity index (χ0v) is 21.4. The molecular formula is C28H45NO4. The maximum Gasteiger partial charge on any atom is 0.297 e. The molecule has 2 rings (SSSR count). The van der Waals surface area contributed by atoms with Gasteiger partial charge in [-0.25, -0.2) is 0 Å². The van der Waals surface area contributed by atoms with Crippen molar-refractivity contribution in [2.24, 2.45) is 0 Å². The first-order valence-electron chi connectivity index (χ1n) is 13.2. The summed E-state index contributed by atoms with van der Waals surface area (Å²) in [5, 5.41) is 0.918. The number of benzene rings is 1. The average Bonchev–Trinajstić information content (AvgIpc) is 2.83. The summed E-state index contributed by atoms with van der Waals surface area (Å²) in [4.78, 5) is 13.6. The van der Waals surface area contributed by atoms with Crippen molar-refractivity contribution in [3.05, 3.63) is 28.6 Å². The molecule has 0 bridgehead atoms. The first kappa shape index (κ1) is 27.1. The van der Waals surface area contributed by atoms with Crippen LogP contribution in [0.25, 0.3) is 10.9 Å². The number of aryl methyl sites for hydroxylation is 1. The largest absolute Gasteiger partial charge is 0.497 e. The van der Waals surface area contributed by atoms with E-state index in [0.29, 0.717) is 31.3 Å². The fourth-order valence-electron chi connectivity index (χ4n) is 4.07. The van der Waals surface area contributed by atoms with Gasteiger partial charge in [0.05, 0.1) is 25.8 Å². The van der Waals surface area contributed by atoms with E-state index < -0.39 is 0 Å². The first-order chi connectivity index (χ1) is 16.2. The Bertz CT molecular complexity index is 874. The highest BCUT2D eigenvalue weighted by molar-refractivity contribution is 5.89. The van der Waals surface area contributed by atoms with Crippen LogP contribution in [0.4, 0.5) is 0 Å². The van der Waals surface area contributed by atoms with Crippen LogP contribution in [0.1, 0.15) is 97.8 Å². The van der Waals surface area contributed by atoms with Crippen LogP contribution >= 0.6 is 0 Å². The molecule has 186 valence electrons. The molecule has 1 heterocycles. The van der Waals surface area contributed by atoms with E-state index in [1.54, 1.807) is 7.11 Å². The molecule has 5 nitrogen and oxygen atoms in total. The number of methoxy groups -OCH3 is 1. The van der Waals surface area contributed by atoms with Crippen molar-refractivity contribution < 1.29 is 14.2 Å². The summed E-state index contributed by atoms with van der Waals surface area (Å²) in [7, 11) is 1.66. The summed E-state index contributed by atoms with van der Waals surface area (Å²) in [6, 6.07) is 5.88. The van der Waals surface area contributed by atoms with Crippen LogP contribution in [-0.2, 0) is 6.54 Å². The summed E-state index contributed by atoms with van der Waals surface area (Å²) >= 11 is 0. The van der Waals surface area contributed by atoms with Gasteiger partial charge in [0, 0.05) is 18.0 Å². The molecule has 0 aliphatic rings. The molecule has 0 N–H and O–H groups in total. The maximum absolute atomic E-state index is 13.6. The van der Waals surface area contributed by atoms with Gasteiger partial charge in [-0.2, -0.15) is 0 Å². The molecule has 5 heteroatoms. The summed E-state index contributed by atoms with van der Waals surface area (Å²) in [6.07, 6.45) is 13.5. The molecule has 0 unspecified atom stereocenters. The number of hydrogen-bond donors (Lipinski definition) is 0. The van der Waals surface area contributed by atoms with E-state index in [0.717, 1.165) is 55.2 Å². The highest BCUT2D eigenvalue weighted by Gasteiger charge is 2.20. The van der Waals surface area contributed by atoms with Crippen LogP contribution in [0.5, 0.6) is 17.2 Å². The molecule has 1 aromatic carbocycles. The van der Waals surface area contributed by atoms with Crippen LogP contribution in [0, 0.1) is 0 Å². The van der Waals surface area contributed by atoms with Crippen molar-refractivity contribution in [3.63, 3.8) is 0 Å². The Kier molecular flexibility index (Phi) is 12.8. The second-order valence-electron chi connectivity index (χ2n) is 8.88. The predicted molar refractivity (Wildman–Crippen MR) is 138 cm³/mol. The van der Waals surface area contributed by atoms with Crippen LogP contribution < -0.4 is 19.8 Å². The molecule has 0 atom stereocenters. The van der Waals surface area contributed by atoms with Gasteiger partial charge in [-0.05, 0) is 31.4 Å². The van der Waals surface area contributed by atoms with E-state index in [1.807, 2.05) is 22.8 Å². The van der Waals surface area contributed by atoms with Crippen LogP contribution in [0.3, 0.4) is 0 Å². The molecule has 0 aliphatic carbocycles. The van der Waals surface area contributed by atoms with Crippen molar-refractivity contribution in [2.45, 2.75) is 104 Å². The lowest BCUT2D eigenvalue weighted by atomic mass is 10.1. The third kappa shape index (κ3) is 8.28. The lowest BCUT2D eigenvalue weighted by molar-refractivity contribution is 0.258. The summed E-state index contributed by atoms with van der Waals surface area (Å²) in [6.45, 7) is 8.35. The lowest BCUT2D eigenvalue weighted by Crippen LogP contribution is -2.24. The van der Waals surface area contributed by atoms with E-state index in [4.69, 9.17) is 14.2 Å². The first-order valence-corrected chi connectivity index (χ1v) is 13.2. The van der Waals surface area contributed by atoms with Crippen molar-refractivity contribution in [1.29, 1.82) is 0 Å². The van der Waals surface area contributed by atoms with E-state index in [2.05, 4.69) is 20.8 Å². The van der Waals surface area contributed by atoms with E-state index in [1.165, 1.54) is 38.5 Å². The highest BCUT2D eigenvalue weighted by Crippen LogP contribution is 2.35. The smallest absolute Gasteiger partial charge is 0.297 e. The summed E-state index contributed by atoms with van der Waals surface area (Å²) < 4.78 is 19.6. The second-order valence-corrected chi connectivity index (χ2v) is 8.88. The van der Waals surface area contributed by atoms with E-state index in [-0.39, 0.29) is 5.56 Å². The molecule has 2 aromatic rings. The van der Waals surface area contributed by atoms with Gasteiger partial charge in [0.1, 0.15) is 5.75 Å². The minimum Gasteiger partial charge on any atom is -0.497 e. The average molecular weight is 460 g/mol. The molecule has 0 amide bonds. The van der Waals surface area contributed by atoms with Crippen molar-refractivity contribution >= 4 is 10.9 Å². The third-order valence-corrected chi connectivity index (χ3v) is 6.11. The molecule has 0 saturated heterocycles. The Morgan fingerprint density at radius 3 is 2.03 bits per heavy atom. The number of rotatable bonds is 18. The fraction of sp³-hybridized carbons (Fsp3) is 0.679. The Balaban J connectivity index is 2.39. The molecule has 0 fully saturated rings. The van der Waals surface area contributed by atoms with Crippen molar-refractivity contribution in [2.75, 3.05) is 20.3 Å². The zero-order chi connectivity index (χ0) is 23.9. The number of fused-ring (bicyclic) bond motifs is 1. The topological polar surface area (TPSA) is 49.7 Å². The zero-order valence-electron chi connectivity index (χ0n) is 21.4. The number of aromatic nitrogens is 1. The molecule has 0 saturated carbocycles. The fourth-order valence-corrected chi connectivity index (χ4v) is 4.07. The third-order valence-electron chi connectivity index (χ3n) is 6.11. The van der Waals surface area contributed by atoms with Crippen LogP contribution in [-0.4, -0.2) is 24.9 Å². The van der Waals surface area contributed by atoms with Crippen LogP contribution in [0.2, 0.25) is 0 Å². The van der Waals surface area contributed by atoms with E-state index in [9.17, 15) is 4.79 Å². The van der Waals surface area contributed by atoms with Gasteiger partial charge in [0.25, 0.3) is 5.56 Å². The van der Waals surface area contributed by atoms with Crippen LogP contribution in [0.15, 0.2) is 23.0 Å². The van der Waals surface area contributed by atoms with Gasteiger partial charge < -0.3 is 18.8 Å². The van der Waals surface area contributed by atoms with Gasteiger partial charge in [0.15, 0.2) is 5.75 Å². The Hall–Kier alpha value is -2.17. The van der Waals surface area contributed by atoms with Gasteiger partial charge >= 0.3 is 0 Å². The minimum atomic E-state index is -0.0914. The normalized spacial score (nSPS) is 11.2. The van der Waals surface area contributed by atoms with E-state index >= 15 is 0 Å². The van der Waals surface area contributed by atoms with Gasteiger partial charge in [-0.3, -0.25) is 4.79 Å². The Labute approximate surface area is 200 Å². The number of hydrogen-bond acceptors (Lipinski definition) is 4. The summed E-state index contributed by atoms with van der Waals surface area (Å²) in [5.41, 5.74) is 0.768. The second kappa shape index (κ2) is 15.6. The molecule has 1 aromatic heterocycles. The molecular weight excluding hydrogens is 414 g/mol. The Morgan fingerprint density at radius 2 is 1.33 bits per heavy atom. The monoisotopic (exact) mass is 459 g/mol. The Morgan fingerprint density at radius 1 is 0.727 bits per heavy atom. The number of unbranched alkanes of at least 4 members (excludes halogenated alkanes) is 9. The van der Waals surface area contributed by atoms with Crippen molar-refractivity contribution in [1.82, 2.24) is 4.57 Å². The molecule has 33 heavy (non-hydrogen) atoms. The highest BCUT2D eigenvalue weighted by atomic mass is 16.5. The molecule has 0 spiro atoms. The van der Waals surface area contributed by atoms with Gasteiger partial charge in [0.2, 0.25) is 5.75 Å².